The zero-order valence-corrected chi connectivity index (χ0v) is 18.8. The molecule has 0 bridgehead atoms. The smallest absolute Gasteiger partial charge is 0.364 e. The first-order chi connectivity index (χ1) is 16.4. The van der Waals surface area contributed by atoms with Gasteiger partial charge in [0.05, 0.1) is 11.3 Å². The molecule has 2 aromatic carbocycles. The second-order valence-electron chi connectivity index (χ2n) is 7.69. The van der Waals surface area contributed by atoms with Crippen LogP contribution in [0.3, 0.4) is 0 Å². The number of alkyl halides is 3. The van der Waals surface area contributed by atoms with Crippen molar-refractivity contribution in [3.63, 3.8) is 0 Å². The fourth-order valence-corrected chi connectivity index (χ4v) is 3.61. The van der Waals surface area contributed by atoms with Gasteiger partial charge in [-0.25, -0.2) is 9.67 Å². The van der Waals surface area contributed by atoms with Crippen LogP contribution in [0.15, 0.2) is 72.9 Å². The molecule has 0 aliphatic heterocycles. The monoisotopic (exact) mass is 467 g/mol. The van der Waals surface area contributed by atoms with Crippen molar-refractivity contribution in [3.8, 4) is 22.5 Å². The number of hydrogen-bond acceptors (Lipinski definition) is 5. The van der Waals surface area contributed by atoms with Crippen LogP contribution in [0.4, 0.5) is 19.0 Å². The van der Waals surface area contributed by atoms with Gasteiger partial charge in [-0.2, -0.15) is 13.2 Å². The third-order valence-electron chi connectivity index (χ3n) is 5.31. The lowest BCUT2D eigenvalue weighted by atomic mass is 10.0. The van der Waals surface area contributed by atoms with E-state index in [1.807, 2.05) is 50.2 Å². The van der Waals surface area contributed by atoms with Crippen molar-refractivity contribution in [2.24, 2.45) is 0 Å². The third-order valence-corrected chi connectivity index (χ3v) is 5.31. The highest BCUT2D eigenvalue weighted by Gasteiger charge is 2.31. The van der Waals surface area contributed by atoms with Crippen LogP contribution in [0.25, 0.3) is 22.5 Å². The number of benzene rings is 2. The van der Waals surface area contributed by atoms with E-state index in [2.05, 4.69) is 20.6 Å². The van der Waals surface area contributed by atoms with Crippen LogP contribution < -0.4 is 5.32 Å². The van der Waals surface area contributed by atoms with Gasteiger partial charge in [0, 0.05) is 30.0 Å². The summed E-state index contributed by atoms with van der Waals surface area (Å²) >= 11 is 0. The number of ether oxygens (including phenoxy) is 1. The quantitative estimate of drug-likeness (QED) is 0.335. The van der Waals surface area contributed by atoms with Crippen LogP contribution in [0.1, 0.15) is 31.0 Å². The normalized spacial score (nSPS) is 12.5. The van der Waals surface area contributed by atoms with Gasteiger partial charge in [0.15, 0.2) is 0 Å². The molecule has 4 aromatic rings. The lowest BCUT2D eigenvalue weighted by molar-refractivity contribution is -0.137. The maximum absolute atomic E-state index is 13.4. The number of nitrogens with zero attached hydrogens (tertiary/aromatic N) is 4. The van der Waals surface area contributed by atoms with Crippen LogP contribution >= 0.6 is 0 Å². The van der Waals surface area contributed by atoms with Gasteiger partial charge in [-0.05, 0) is 43.7 Å². The number of hydrogen-bond donors (Lipinski definition) is 1. The van der Waals surface area contributed by atoms with Gasteiger partial charge in [0.2, 0.25) is 0 Å². The predicted octanol–water partition coefficient (Wildman–Crippen LogP) is 6.19. The minimum absolute atomic E-state index is 0.000485. The Labute approximate surface area is 195 Å². The molecular weight excluding hydrogens is 443 g/mol. The van der Waals surface area contributed by atoms with Gasteiger partial charge in [-0.3, -0.25) is 0 Å². The summed E-state index contributed by atoms with van der Waals surface area (Å²) in [6.07, 6.45) is -2.83. The highest BCUT2D eigenvalue weighted by molar-refractivity contribution is 5.79. The summed E-state index contributed by atoms with van der Waals surface area (Å²) in [5, 5.41) is 11.8. The van der Waals surface area contributed by atoms with Gasteiger partial charge in [-0.1, -0.05) is 47.7 Å². The molecule has 0 unspecified atom stereocenters. The minimum Gasteiger partial charge on any atom is -0.364 e. The van der Waals surface area contributed by atoms with E-state index in [1.54, 1.807) is 18.3 Å². The van der Waals surface area contributed by atoms with Gasteiger partial charge in [-0.15, -0.1) is 5.10 Å². The molecule has 0 amide bonds. The molecule has 34 heavy (non-hydrogen) atoms. The van der Waals surface area contributed by atoms with Crippen molar-refractivity contribution >= 4 is 5.82 Å². The summed E-state index contributed by atoms with van der Waals surface area (Å²) in [6, 6.07) is 18.6. The number of aromatic nitrogens is 4. The van der Waals surface area contributed by atoms with Crippen LogP contribution in [0.2, 0.25) is 0 Å². The average molecular weight is 467 g/mol. The minimum atomic E-state index is -4.46. The molecule has 2 aromatic heterocycles. The highest BCUT2D eigenvalue weighted by Crippen LogP contribution is 2.36. The average Bonchev–Trinajstić information content (AvgIpc) is 3.27. The standard InChI is InChI=1S/C25H24F3N5O/c1-3-34-16-33-24(20-10-7-11-21(14-20)25(26,27)28)23(31-32-33)19-12-13-29-22(15-19)30-17(2)18-8-5-4-6-9-18/h4-15,17H,3,16H2,1-2H3,(H,29,30)/t17-/m0/s1. The van der Waals surface area contributed by atoms with E-state index in [1.165, 1.54) is 10.7 Å². The number of rotatable bonds is 8. The van der Waals surface area contributed by atoms with Gasteiger partial charge in [0.1, 0.15) is 18.2 Å². The van der Waals surface area contributed by atoms with Crippen LogP contribution in [0, 0.1) is 0 Å². The van der Waals surface area contributed by atoms with E-state index < -0.39 is 11.7 Å². The number of halogens is 3. The molecule has 4 rings (SSSR count). The van der Waals surface area contributed by atoms with E-state index in [-0.39, 0.29) is 12.8 Å². The van der Waals surface area contributed by atoms with Gasteiger partial charge >= 0.3 is 6.18 Å². The Morgan fingerprint density at radius 1 is 1.00 bits per heavy atom. The molecule has 0 saturated carbocycles. The first kappa shape index (κ1) is 23.4. The Hall–Kier alpha value is -3.72. The van der Waals surface area contributed by atoms with Crippen LogP contribution in [-0.2, 0) is 17.6 Å². The number of anilines is 1. The molecule has 0 aliphatic carbocycles. The summed E-state index contributed by atoms with van der Waals surface area (Å²) < 4.78 is 47.0. The van der Waals surface area contributed by atoms with Crippen LogP contribution in [0.5, 0.6) is 0 Å². The highest BCUT2D eigenvalue weighted by atomic mass is 19.4. The molecule has 1 N–H and O–H groups in total. The first-order valence-electron chi connectivity index (χ1n) is 10.8. The zero-order chi connectivity index (χ0) is 24.1. The maximum Gasteiger partial charge on any atom is 0.416 e. The van der Waals surface area contributed by atoms with Crippen molar-refractivity contribution in [1.82, 2.24) is 20.0 Å². The summed E-state index contributed by atoms with van der Waals surface area (Å²) in [5.41, 5.74) is 2.26. The Morgan fingerprint density at radius 3 is 2.53 bits per heavy atom. The third kappa shape index (κ3) is 5.26. The molecule has 9 heteroatoms. The molecule has 1 atom stereocenters. The maximum atomic E-state index is 13.4. The van der Waals surface area contributed by atoms with Crippen molar-refractivity contribution in [1.29, 1.82) is 0 Å². The molecule has 0 saturated heterocycles. The summed E-state index contributed by atoms with van der Waals surface area (Å²) in [4.78, 5) is 4.40. The lowest BCUT2D eigenvalue weighted by Crippen LogP contribution is -2.08. The molecule has 0 fully saturated rings. The van der Waals surface area contributed by atoms with E-state index in [0.717, 1.165) is 17.7 Å². The van der Waals surface area contributed by atoms with E-state index in [0.29, 0.717) is 34.9 Å². The van der Waals surface area contributed by atoms with Crippen molar-refractivity contribution in [3.05, 3.63) is 84.1 Å². The van der Waals surface area contributed by atoms with Gasteiger partial charge in [0.25, 0.3) is 0 Å². The second-order valence-corrected chi connectivity index (χ2v) is 7.69. The summed E-state index contributed by atoms with van der Waals surface area (Å²) in [7, 11) is 0. The molecule has 0 spiro atoms. The molecule has 0 radical (unpaired) electrons. The molecule has 6 nitrogen and oxygen atoms in total. The Morgan fingerprint density at radius 2 is 1.79 bits per heavy atom. The number of pyridine rings is 1. The van der Waals surface area contributed by atoms with Crippen LogP contribution in [-0.4, -0.2) is 26.6 Å². The van der Waals surface area contributed by atoms with Crippen molar-refractivity contribution in [2.45, 2.75) is 32.8 Å². The van der Waals surface area contributed by atoms with E-state index >= 15 is 0 Å². The first-order valence-corrected chi connectivity index (χ1v) is 10.8. The SMILES string of the molecule is CCOCn1nnc(-c2ccnc(N[C@@H](C)c3ccccc3)c2)c1-c1cccc(C(F)(F)F)c1. The molecule has 176 valence electrons. The Bertz CT molecular complexity index is 1240. The van der Waals surface area contributed by atoms with Crippen molar-refractivity contribution < 1.29 is 17.9 Å². The Balaban J connectivity index is 1.73. The van der Waals surface area contributed by atoms with E-state index in [4.69, 9.17) is 4.74 Å². The van der Waals surface area contributed by atoms with Gasteiger partial charge < -0.3 is 10.1 Å². The predicted molar refractivity (Wildman–Crippen MR) is 124 cm³/mol. The Kier molecular flexibility index (Phi) is 6.93. The fourth-order valence-electron chi connectivity index (χ4n) is 3.61. The van der Waals surface area contributed by atoms with Crippen molar-refractivity contribution in [2.75, 3.05) is 11.9 Å². The summed E-state index contributed by atoms with van der Waals surface area (Å²) in [6.45, 7) is 4.35. The fraction of sp³-hybridized carbons (Fsp3) is 0.240. The lowest BCUT2D eigenvalue weighted by Gasteiger charge is -2.15. The topological polar surface area (TPSA) is 64.9 Å². The zero-order valence-electron chi connectivity index (χ0n) is 18.8. The summed E-state index contributed by atoms with van der Waals surface area (Å²) in [5.74, 6) is 0.614. The second kappa shape index (κ2) is 10.0. The molecular formula is C25H24F3N5O. The largest absolute Gasteiger partial charge is 0.416 e. The number of nitrogens with one attached hydrogen (secondary N) is 1. The molecule has 2 heterocycles. The molecule has 0 aliphatic rings. The van der Waals surface area contributed by atoms with E-state index in [9.17, 15) is 13.2 Å².